The van der Waals surface area contributed by atoms with Crippen LogP contribution in [-0.4, -0.2) is 17.1 Å². The van der Waals surface area contributed by atoms with Gasteiger partial charge in [-0.05, 0) is 17.7 Å². The topological polar surface area (TPSA) is 54.4 Å². The van der Waals surface area contributed by atoms with Gasteiger partial charge in [0, 0.05) is 30.1 Å². The second-order valence-electron chi connectivity index (χ2n) is 4.15. The first-order valence-corrected chi connectivity index (χ1v) is 6.06. The van der Waals surface area contributed by atoms with E-state index in [0.717, 1.165) is 5.56 Å². The summed E-state index contributed by atoms with van der Waals surface area (Å²) in [6.45, 7) is 2.03. The van der Waals surface area contributed by atoms with Gasteiger partial charge in [0.1, 0.15) is 0 Å². The molecule has 1 amide bonds. The largest absolute Gasteiger partial charge is 0.271 e. The third-order valence-electron chi connectivity index (χ3n) is 2.73. The van der Waals surface area contributed by atoms with E-state index in [4.69, 9.17) is 0 Å². The van der Waals surface area contributed by atoms with Gasteiger partial charge in [-0.15, -0.1) is 0 Å². The van der Waals surface area contributed by atoms with Crippen molar-refractivity contribution in [3.8, 4) is 0 Å². The second kappa shape index (κ2) is 6.44. The number of hydrogen-bond donors (Lipinski definition) is 1. The Bertz CT molecular complexity index is 552. The van der Waals surface area contributed by atoms with Crippen LogP contribution < -0.4 is 5.43 Å². The standard InChI is InChI=1S/C15H15N3O/c1-12(13-5-3-2-4-6-13)11-17-18-15(19)14-7-9-16-10-8-14/h2-12H,1H3,(H,18,19). The van der Waals surface area contributed by atoms with E-state index < -0.39 is 0 Å². The van der Waals surface area contributed by atoms with E-state index in [0.29, 0.717) is 5.56 Å². The SMILES string of the molecule is CC(C=NNC(=O)c1ccncc1)c1ccccc1. The van der Waals surface area contributed by atoms with Crippen molar-refractivity contribution in [3.63, 3.8) is 0 Å². The van der Waals surface area contributed by atoms with Crippen molar-refractivity contribution in [3.05, 3.63) is 66.0 Å². The van der Waals surface area contributed by atoms with E-state index in [9.17, 15) is 4.79 Å². The summed E-state index contributed by atoms with van der Waals surface area (Å²) in [5, 5.41) is 3.98. The summed E-state index contributed by atoms with van der Waals surface area (Å²) in [5.41, 5.74) is 4.20. The Hall–Kier alpha value is -2.49. The van der Waals surface area contributed by atoms with E-state index in [-0.39, 0.29) is 11.8 Å². The summed E-state index contributed by atoms with van der Waals surface area (Å²) in [6.07, 6.45) is 4.87. The summed E-state index contributed by atoms with van der Waals surface area (Å²) in [7, 11) is 0. The minimum Gasteiger partial charge on any atom is -0.267 e. The van der Waals surface area contributed by atoms with Crippen molar-refractivity contribution < 1.29 is 4.79 Å². The number of nitrogens with one attached hydrogen (secondary N) is 1. The van der Waals surface area contributed by atoms with Gasteiger partial charge < -0.3 is 0 Å². The van der Waals surface area contributed by atoms with Crippen LogP contribution in [0.3, 0.4) is 0 Å². The monoisotopic (exact) mass is 253 g/mol. The zero-order valence-electron chi connectivity index (χ0n) is 10.7. The van der Waals surface area contributed by atoms with Gasteiger partial charge in [-0.1, -0.05) is 37.3 Å². The molecule has 0 spiro atoms. The molecule has 0 saturated heterocycles. The van der Waals surface area contributed by atoms with E-state index in [2.05, 4.69) is 15.5 Å². The molecule has 1 aromatic heterocycles. The first-order chi connectivity index (χ1) is 9.27. The highest BCUT2D eigenvalue weighted by Crippen LogP contribution is 2.11. The van der Waals surface area contributed by atoms with Gasteiger partial charge >= 0.3 is 0 Å². The quantitative estimate of drug-likeness (QED) is 0.672. The van der Waals surface area contributed by atoms with Crippen LogP contribution in [-0.2, 0) is 0 Å². The smallest absolute Gasteiger partial charge is 0.267 e. The molecule has 96 valence electrons. The Morgan fingerprint density at radius 1 is 1.21 bits per heavy atom. The average molecular weight is 253 g/mol. The van der Waals surface area contributed by atoms with Gasteiger partial charge in [-0.2, -0.15) is 5.10 Å². The maximum Gasteiger partial charge on any atom is 0.271 e. The summed E-state index contributed by atoms with van der Waals surface area (Å²) < 4.78 is 0. The average Bonchev–Trinajstić information content (AvgIpc) is 2.49. The fourth-order valence-corrected chi connectivity index (χ4v) is 1.62. The zero-order valence-corrected chi connectivity index (χ0v) is 10.7. The van der Waals surface area contributed by atoms with Gasteiger partial charge in [-0.25, -0.2) is 5.43 Å². The molecular formula is C15H15N3O. The third-order valence-corrected chi connectivity index (χ3v) is 2.73. The van der Waals surface area contributed by atoms with Gasteiger partial charge in [0.15, 0.2) is 0 Å². The highest BCUT2D eigenvalue weighted by atomic mass is 16.2. The molecule has 0 aliphatic heterocycles. The van der Waals surface area contributed by atoms with Crippen LogP contribution in [0, 0.1) is 0 Å². The van der Waals surface area contributed by atoms with Crippen molar-refractivity contribution in [1.82, 2.24) is 10.4 Å². The van der Waals surface area contributed by atoms with Crippen molar-refractivity contribution in [2.45, 2.75) is 12.8 Å². The van der Waals surface area contributed by atoms with Crippen molar-refractivity contribution in [1.29, 1.82) is 0 Å². The predicted octanol–water partition coefficient (Wildman–Crippen LogP) is 2.60. The summed E-state index contributed by atoms with van der Waals surface area (Å²) in [6, 6.07) is 13.3. The molecule has 0 saturated carbocycles. The fourth-order valence-electron chi connectivity index (χ4n) is 1.62. The molecule has 1 N–H and O–H groups in total. The van der Waals surface area contributed by atoms with E-state index in [1.807, 2.05) is 37.3 Å². The van der Waals surface area contributed by atoms with Crippen molar-refractivity contribution >= 4 is 12.1 Å². The minimum atomic E-state index is -0.237. The fraction of sp³-hybridized carbons (Fsp3) is 0.133. The maximum absolute atomic E-state index is 11.7. The molecule has 1 aromatic carbocycles. The number of rotatable bonds is 4. The molecule has 2 rings (SSSR count). The molecule has 0 aliphatic rings. The number of amides is 1. The zero-order chi connectivity index (χ0) is 13.5. The summed E-state index contributed by atoms with van der Waals surface area (Å²) in [4.78, 5) is 15.6. The van der Waals surface area contributed by atoms with Crippen LogP contribution >= 0.6 is 0 Å². The number of nitrogens with zero attached hydrogens (tertiary/aromatic N) is 2. The van der Waals surface area contributed by atoms with Crippen LogP contribution in [0.25, 0.3) is 0 Å². The number of benzene rings is 1. The van der Waals surface area contributed by atoms with Gasteiger partial charge in [0.2, 0.25) is 0 Å². The molecule has 19 heavy (non-hydrogen) atoms. The second-order valence-corrected chi connectivity index (χ2v) is 4.15. The lowest BCUT2D eigenvalue weighted by Crippen LogP contribution is -2.18. The van der Waals surface area contributed by atoms with Gasteiger partial charge in [0.25, 0.3) is 5.91 Å². The first-order valence-electron chi connectivity index (χ1n) is 6.06. The maximum atomic E-state index is 11.7. The lowest BCUT2D eigenvalue weighted by Gasteiger charge is -2.05. The summed E-state index contributed by atoms with van der Waals surface area (Å²) in [5.74, 6) is -0.0853. The lowest BCUT2D eigenvalue weighted by atomic mass is 10.0. The Morgan fingerprint density at radius 3 is 2.58 bits per heavy atom. The molecular weight excluding hydrogens is 238 g/mol. The molecule has 4 heteroatoms. The number of pyridine rings is 1. The van der Waals surface area contributed by atoms with Crippen LogP contribution in [0.15, 0.2) is 60.0 Å². The predicted molar refractivity (Wildman–Crippen MR) is 75.1 cm³/mol. The first kappa shape index (κ1) is 13.0. The molecule has 1 atom stereocenters. The van der Waals surface area contributed by atoms with E-state index in [1.54, 1.807) is 30.7 Å². The molecule has 0 fully saturated rings. The third kappa shape index (κ3) is 3.74. The van der Waals surface area contributed by atoms with Crippen molar-refractivity contribution in [2.75, 3.05) is 0 Å². The number of hydrogen-bond acceptors (Lipinski definition) is 3. The molecule has 0 radical (unpaired) electrons. The highest BCUT2D eigenvalue weighted by Gasteiger charge is 2.03. The summed E-state index contributed by atoms with van der Waals surface area (Å²) >= 11 is 0. The normalized spacial score (nSPS) is 12.3. The molecule has 1 heterocycles. The van der Waals surface area contributed by atoms with Gasteiger partial charge in [0.05, 0.1) is 0 Å². The minimum absolute atomic E-state index is 0.152. The van der Waals surface area contributed by atoms with E-state index >= 15 is 0 Å². The van der Waals surface area contributed by atoms with Crippen LogP contribution in [0.5, 0.6) is 0 Å². The number of carbonyl (C=O) groups excluding carboxylic acids is 1. The van der Waals surface area contributed by atoms with Crippen molar-refractivity contribution in [2.24, 2.45) is 5.10 Å². The van der Waals surface area contributed by atoms with Gasteiger partial charge in [-0.3, -0.25) is 9.78 Å². The Labute approximate surface area is 112 Å². The molecule has 1 unspecified atom stereocenters. The van der Waals surface area contributed by atoms with E-state index in [1.165, 1.54) is 0 Å². The molecule has 0 aliphatic carbocycles. The lowest BCUT2D eigenvalue weighted by molar-refractivity contribution is 0.0955. The number of hydrazone groups is 1. The number of carbonyl (C=O) groups is 1. The Morgan fingerprint density at radius 2 is 1.89 bits per heavy atom. The molecule has 2 aromatic rings. The van der Waals surface area contributed by atoms with Crippen LogP contribution in [0.2, 0.25) is 0 Å². The number of aromatic nitrogens is 1. The highest BCUT2D eigenvalue weighted by molar-refractivity contribution is 5.94. The molecule has 0 bridgehead atoms. The van der Waals surface area contributed by atoms with Crippen LogP contribution in [0.1, 0.15) is 28.8 Å². The Balaban J connectivity index is 1.92. The Kier molecular flexibility index (Phi) is 4.39. The van der Waals surface area contributed by atoms with Crippen LogP contribution in [0.4, 0.5) is 0 Å². The molecule has 4 nitrogen and oxygen atoms in total.